The summed E-state index contributed by atoms with van der Waals surface area (Å²) in [6, 6.07) is 6.10. The first-order valence-corrected chi connectivity index (χ1v) is 16.9. The Morgan fingerprint density at radius 2 is 1.20 bits per heavy atom. The fraction of sp³-hybridized carbons (Fsp3) is 1.00. The summed E-state index contributed by atoms with van der Waals surface area (Å²) in [6.45, 7) is 9.76. The van der Waals surface area contributed by atoms with Gasteiger partial charge in [-0.3, -0.25) is 0 Å². The van der Waals surface area contributed by atoms with Crippen LogP contribution < -0.4 is 0 Å². The van der Waals surface area contributed by atoms with E-state index in [0.29, 0.717) is 0 Å². The molecule has 0 N–H and O–H groups in total. The first-order valence-electron chi connectivity index (χ1n) is 9.85. The minimum absolute atomic E-state index is 0.902. The van der Waals surface area contributed by atoms with Gasteiger partial charge in [-0.05, 0) is 31.1 Å². The first kappa shape index (κ1) is 28.5. The Balaban J connectivity index is 0. The van der Waals surface area contributed by atoms with Gasteiger partial charge in [0.2, 0.25) is 0 Å². The van der Waals surface area contributed by atoms with E-state index in [1.54, 1.807) is 14.2 Å². The molecule has 154 valence electrons. The maximum atomic E-state index is 6.06. The lowest BCUT2D eigenvalue weighted by atomic mass is 10.4. The third kappa shape index (κ3) is 13.1. The molecule has 0 aliphatic rings. The molecule has 0 aliphatic carbocycles. The van der Waals surface area contributed by atoms with Crippen LogP contribution in [0.15, 0.2) is 0 Å². The molecule has 7 heteroatoms. The van der Waals surface area contributed by atoms with Crippen LogP contribution in [0.25, 0.3) is 0 Å². The molecule has 25 heavy (non-hydrogen) atoms. The topological polar surface area (TPSA) is 27.7 Å². The molecular weight excluding hydrogens is 480 g/mol. The predicted molar refractivity (Wildman–Crippen MR) is 124 cm³/mol. The Hall–Kier alpha value is 1.27. The molecule has 0 rings (SSSR count). The molecule has 0 aromatic rings. The Morgan fingerprint density at radius 1 is 0.680 bits per heavy atom. The molecule has 0 saturated carbocycles. The molecular formula is C18H42Br2O3Si2. The summed E-state index contributed by atoms with van der Waals surface area (Å²) in [5.41, 5.74) is 0. The van der Waals surface area contributed by atoms with E-state index in [9.17, 15) is 0 Å². The van der Waals surface area contributed by atoms with Crippen molar-refractivity contribution in [2.75, 3.05) is 31.5 Å². The van der Waals surface area contributed by atoms with Crippen molar-refractivity contribution in [3.63, 3.8) is 0 Å². The molecule has 0 aromatic carbocycles. The monoisotopic (exact) mass is 520 g/mol. The third-order valence-electron chi connectivity index (χ3n) is 4.54. The summed E-state index contributed by atoms with van der Waals surface area (Å²) >= 11 is 6.98. The lowest BCUT2D eigenvalue weighted by molar-refractivity contribution is 0.242. The molecule has 0 saturated heterocycles. The Kier molecular flexibility index (Phi) is 21.2. The zero-order chi connectivity index (χ0) is 19.6. The van der Waals surface area contributed by atoms with Gasteiger partial charge in [-0.25, -0.2) is 0 Å². The van der Waals surface area contributed by atoms with Crippen LogP contribution >= 0.6 is 31.9 Å². The van der Waals surface area contributed by atoms with Crippen molar-refractivity contribution in [2.24, 2.45) is 0 Å². The van der Waals surface area contributed by atoms with Gasteiger partial charge in [-0.2, -0.15) is 0 Å². The van der Waals surface area contributed by atoms with Crippen LogP contribution in [0.1, 0.15) is 53.4 Å². The Morgan fingerprint density at radius 3 is 1.52 bits per heavy atom. The smallest absolute Gasteiger partial charge is 0.338 e. The first-order chi connectivity index (χ1) is 12.0. The van der Waals surface area contributed by atoms with E-state index in [4.69, 9.17) is 13.3 Å². The molecule has 0 aliphatic heterocycles. The van der Waals surface area contributed by atoms with E-state index >= 15 is 0 Å². The van der Waals surface area contributed by atoms with Gasteiger partial charge < -0.3 is 13.3 Å². The van der Waals surface area contributed by atoms with E-state index in [1.165, 1.54) is 43.8 Å². The molecule has 0 fully saturated rings. The highest BCUT2D eigenvalue weighted by Gasteiger charge is 2.33. The number of halogens is 2. The summed E-state index contributed by atoms with van der Waals surface area (Å²) in [6.07, 6.45) is 4.98. The van der Waals surface area contributed by atoms with Crippen molar-refractivity contribution in [3.05, 3.63) is 0 Å². The van der Waals surface area contributed by atoms with Gasteiger partial charge in [0.05, 0.1) is 0 Å². The van der Waals surface area contributed by atoms with Crippen LogP contribution in [0.4, 0.5) is 0 Å². The van der Waals surface area contributed by atoms with Gasteiger partial charge in [0.15, 0.2) is 8.32 Å². The molecule has 0 unspecified atom stereocenters. The van der Waals surface area contributed by atoms with E-state index in [0.717, 1.165) is 29.4 Å². The van der Waals surface area contributed by atoms with Gasteiger partial charge in [0, 0.05) is 37.5 Å². The van der Waals surface area contributed by atoms with Gasteiger partial charge >= 0.3 is 8.56 Å². The molecule has 0 bridgehead atoms. The molecule has 0 atom stereocenters. The van der Waals surface area contributed by atoms with Crippen LogP contribution in [-0.4, -0.2) is 48.4 Å². The normalized spacial score (nSPS) is 12.0. The zero-order valence-electron chi connectivity index (χ0n) is 17.5. The number of hydrogen-bond donors (Lipinski definition) is 0. The van der Waals surface area contributed by atoms with Gasteiger partial charge in [-0.1, -0.05) is 78.3 Å². The number of unbranched alkanes of at least 4 members (excludes halogenated alkanes) is 1. The Labute approximate surface area is 176 Å². The van der Waals surface area contributed by atoms with Crippen molar-refractivity contribution in [1.82, 2.24) is 0 Å². The standard InChI is InChI=1S/C10H23BrOSi.C8H19BrO2Si/c1-4-8-13(9-5-2,10-7-11)12-6-3;1-4-5-7-12(10-2,11-3)8-6-9/h4-10H2,1-3H3;4-8H2,1-3H3. The fourth-order valence-corrected chi connectivity index (χ4v) is 13.5. The second-order valence-electron chi connectivity index (χ2n) is 6.42. The Bertz CT molecular complexity index is 252. The van der Waals surface area contributed by atoms with Crippen molar-refractivity contribution in [3.8, 4) is 0 Å². The van der Waals surface area contributed by atoms with Gasteiger partial charge in [0.1, 0.15) is 0 Å². The third-order valence-corrected chi connectivity index (χ3v) is 15.3. The van der Waals surface area contributed by atoms with E-state index in [2.05, 4.69) is 59.6 Å². The van der Waals surface area contributed by atoms with E-state index in [1.807, 2.05) is 0 Å². The molecule has 0 spiro atoms. The highest BCUT2D eigenvalue weighted by molar-refractivity contribution is 9.09. The average Bonchev–Trinajstić information content (AvgIpc) is 2.60. The maximum Gasteiger partial charge on any atom is 0.338 e. The van der Waals surface area contributed by atoms with Crippen LogP contribution in [-0.2, 0) is 13.3 Å². The average molecular weight is 523 g/mol. The van der Waals surface area contributed by atoms with Crippen LogP contribution in [0, 0.1) is 0 Å². The molecule has 0 aromatic heterocycles. The molecule has 0 amide bonds. The summed E-state index contributed by atoms with van der Waals surface area (Å²) < 4.78 is 17.1. The largest absolute Gasteiger partial charge is 0.417 e. The lowest BCUT2D eigenvalue weighted by Gasteiger charge is -2.30. The van der Waals surface area contributed by atoms with Crippen molar-refractivity contribution in [2.45, 2.75) is 83.6 Å². The summed E-state index contributed by atoms with van der Waals surface area (Å²) in [7, 11) is 0.390. The molecule has 3 nitrogen and oxygen atoms in total. The van der Waals surface area contributed by atoms with E-state index in [-0.39, 0.29) is 0 Å². The highest BCUT2D eigenvalue weighted by atomic mass is 79.9. The maximum absolute atomic E-state index is 6.06. The van der Waals surface area contributed by atoms with Crippen LogP contribution in [0.2, 0.25) is 30.2 Å². The summed E-state index contributed by atoms with van der Waals surface area (Å²) in [4.78, 5) is 0. The second-order valence-corrected chi connectivity index (χ2v) is 15.8. The second kappa shape index (κ2) is 18.6. The lowest BCUT2D eigenvalue weighted by Crippen LogP contribution is -2.40. The van der Waals surface area contributed by atoms with Gasteiger partial charge in [0.25, 0.3) is 0 Å². The summed E-state index contributed by atoms with van der Waals surface area (Å²) in [5, 5.41) is 2.09. The molecule has 0 heterocycles. The van der Waals surface area contributed by atoms with Crippen LogP contribution in [0.5, 0.6) is 0 Å². The SMILES string of the molecule is CCCC[Si](CCBr)(OC)OC.CCC[Si](CCC)(CCBr)OCC. The summed E-state index contributed by atoms with van der Waals surface area (Å²) in [5.74, 6) is 0. The van der Waals surface area contributed by atoms with Crippen molar-refractivity contribution in [1.29, 1.82) is 0 Å². The number of hydrogen-bond acceptors (Lipinski definition) is 3. The minimum Gasteiger partial charge on any atom is -0.417 e. The minimum atomic E-state index is -1.81. The number of rotatable bonds is 15. The number of alkyl halides is 2. The van der Waals surface area contributed by atoms with Crippen molar-refractivity contribution >= 4 is 48.7 Å². The molecule has 0 radical (unpaired) electrons. The van der Waals surface area contributed by atoms with Gasteiger partial charge in [-0.15, -0.1) is 0 Å². The fourth-order valence-electron chi connectivity index (χ4n) is 3.19. The zero-order valence-corrected chi connectivity index (χ0v) is 22.6. The predicted octanol–water partition coefficient (Wildman–Crippen LogP) is 7.10. The quantitative estimate of drug-likeness (QED) is 0.170. The highest BCUT2D eigenvalue weighted by Crippen LogP contribution is 2.26. The van der Waals surface area contributed by atoms with Crippen molar-refractivity contribution < 1.29 is 13.3 Å². The van der Waals surface area contributed by atoms with Crippen LogP contribution in [0.3, 0.4) is 0 Å². The van der Waals surface area contributed by atoms with E-state index < -0.39 is 16.9 Å².